The first-order chi connectivity index (χ1) is 16.3. The summed E-state index contributed by atoms with van der Waals surface area (Å²) in [5.41, 5.74) is 6.70. The zero-order valence-electron chi connectivity index (χ0n) is 18.4. The number of para-hydroxylation sites is 1. The second-order valence-corrected chi connectivity index (χ2v) is 8.80. The van der Waals surface area contributed by atoms with Crippen LogP contribution in [0.3, 0.4) is 0 Å². The molecule has 0 amide bonds. The predicted molar refractivity (Wildman–Crippen MR) is 133 cm³/mol. The Morgan fingerprint density at radius 1 is 0.818 bits per heavy atom. The predicted octanol–water partition coefficient (Wildman–Crippen LogP) is 7.09. The van der Waals surface area contributed by atoms with Crippen LogP contribution in [-0.2, 0) is 11.4 Å². The third kappa shape index (κ3) is 3.60. The summed E-state index contributed by atoms with van der Waals surface area (Å²) in [5, 5.41) is 6.17. The van der Waals surface area contributed by atoms with Crippen molar-refractivity contribution in [3.05, 3.63) is 113 Å². The molecule has 0 aromatic heterocycles. The zero-order chi connectivity index (χ0) is 22.2. The third-order valence-corrected chi connectivity index (χ3v) is 6.75. The van der Waals surface area contributed by atoms with Gasteiger partial charge in [0.1, 0.15) is 12.4 Å². The van der Waals surface area contributed by atoms with Crippen molar-refractivity contribution >= 4 is 27.8 Å². The monoisotopic (exact) mass is 431 g/mol. The normalized spacial score (nSPS) is 17.3. The van der Waals surface area contributed by atoms with Gasteiger partial charge in [0, 0.05) is 22.9 Å². The minimum atomic E-state index is -0.129. The molecule has 4 aromatic rings. The lowest BCUT2D eigenvalue weighted by molar-refractivity contribution is -0.116. The molecule has 0 saturated carbocycles. The molecule has 0 saturated heterocycles. The number of Topliss-reactive ketones (excluding diaryl/α,β-unsaturated/α-hetero) is 1. The number of fused-ring (bicyclic) bond motifs is 4. The van der Waals surface area contributed by atoms with E-state index < -0.39 is 0 Å². The number of hydrogen-bond acceptors (Lipinski definition) is 3. The van der Waals surface area contributed by atoms with Gasteiger partial charge in [-0.05, 0) is 47.1 Å². The number of ether oxygens (including phenoxy) is 1. The summed E-state index contributed by atoms with van der Waals surface area (Å²) < 4.78 is 5.90. The molecule has 1 aliphatic heterocycles. The van der Waals surface area contributed by atoms with E-state index in [1.807, 2.05) is 30.3 Å². The first kappa shape index (κ1) is 19.8. The van der Waals surface area contributed by atoms with E-state index in [9.17, 15) is 4.79 Å². The lowest BCUT2D eigenvalue weighted by Crippen LogP contribution is -2.27. The number of ketones is 1. The van der Waals surface area contributed by atoms with E-state index in [0.717, 1.165) is 41.0 Å². The average molecular weight is 432 g/mol. The van der Waals surface area contributed by atoms with Gasteiger partial charge >= 0.3 is 0 Å². The smallest absolute Gasteiger partial charge is 0.161 e. The van der Waals surface area contributed by atoms with E-state index in [0.29, 0.717) is 13.0 Å². The Kier molecular flexibility index (Phi) is 4.95. The van der Waals surface area contributed by atoms with Gasteiger partial charge in [0.05, 0.1) is 11.7 Å². The Balaban J connectivity index is 1.36. The number of anilines is 1. The van der Waals surface area contributed by atoms with Crippen LogP contribution in [0.1, 0.15) is 42.0 Å². The quantitative estimate of drug-likeness (QED) is 0.375. The molecule has 4 aromatic carbocycles. The van der Waals surface area contributed by atoms with Gasteiger partial charge < -0.3 is 10.1 Å². The molecule has 0 bridgehead atoms. The van der Waals surface area contributed by atoms with Crippen LogP contribution in [0, 0.1) is 0 Å². The number of benzene rings is 4. The molecule has 162 valence electrons. The van der Waals surface area contributed by atoms with Gasteiger partial charge in [-0.1, -0.05) is 78.9 Å². The maximum atomic E-state index is 13.1. The van der Waals surface area contributed by atoms with Gasteiger partial charge in [-0.25, -0.2) is 0 Å². The van der Waals surface area contributed by atoms with Gasteiger partial charge in [-0.15, -0.1) is 0 Å². The largest absolute Gasteiger partial charge is 0.489 e. The molecule has 0 radical (unpaired) electrons. The Hall–Kier alpha value is -3.85. The number of hydrogen-bond donors (Lipinski definition) is 1. The minimum Gasteiger partial charge on any atom is -0.489 e. The fourth-order valence-corrected chi connectivity index (χ4v) is 5.11. The van der Waals surface area contributed by atoms with Crippen molar-refractivity contribution in [1.82, 2.24) is 0 Å². The first-order valence-electron chi connectivity index (χ1n) is 11.6. The number of rotatable bonds is 4. The highest BCUT2D eigenvalue weighted by Gasteiger charge is 2.34. The maximum absolute atomic E-state index is 13.1. The topological polar surface area (TPSA) is 38.3 Å². The Morgan fingerprint density at radius 2 is 1.61 bits per heavy atom. The lowest BCUT2D eigenvalue weighted by Gasteiger charge is -2.35. The van der Waals surface area contributed by atoms with Gasteiger partial charge in [0.15, 0.2) is 5.78 Å². The molecule has 1 N–H and O–H groups in total. The summed E-state index contributed by atoms with van der Waals surface area (Å²) in [6, 6.07) is 31.0. The molecule has 0 fully saturated rings. The average Bonchev–Trinajstić information content (AvgIpc) is 2.88. The van der Waals surface area contributed by atoms with Crippen LogP contribution in [0.2, 0.25) is 0 Å². The van der Waals surface area contributed by atoms with E-state index in [-0.39, 0.29) is 11.8 Å². The van der Waals surface area contributed by atoms with Crippen LogP contribution in [0.5, 0.6) is 5.75 Å². The van der Waals surface area contributed by atoms with Crippen molar-refractivity contribution in [1.29, 1.82) is 0 Å². The highest BCUT2D eigenvalue weighted by atomic mass is 16.5. The van der Waals surface area contributed by atoms with Gasteiger partial charge in [0.2, 0.25) is 0 Å². The Bertz CT molecular complexity index is 1370. The van der Waals surface area contributed by atoms with Gasteiger partial charge in [-0.2, -0.15) is 0 Å². The van der Waals surface area contributed by atoms with E-state index in [2.05, 4.69) is 66.0 Å². The molecular formula is C30H25NO2. The molecule has 1 unspecified atom stereocenters. The van der Waals surface area contributed by atoms with Crippen LogP contribution >= 0.6 is 0 Å². The van der Waals surface area contributed by atoms with Crippen LogP contribution in [0.25, 0.3) is 16.3 Å². The zero-order valence-corrected chi connectivity index (χ0v) is 18.4. The number of carbonyl (C=O) groups is 1. The Labute approximate surface area is 193 Å². The fraction of sp³-hybridized carbons (Fsp3) is 0.167. The third-order valence-electron chi connectivity index (χ3n) is 6.75. The summed E-state index contributed by atoms with van der Waals surface area (Å²) in [6.45, 7) is 0.517. The van der Waals surface area contributed by atoms with Crippen molar-refractivity contribution in [3.8, 4) is 5.75 Å². The lowest BCUT2D eigenvalue weighted by atomic mass is 9.77. The maximum Gasteiger partial charge on any atom is 0.161 e. The van der Waals surface area contributed by atoms with Crippen molar-refractivity contribution < 1.29 is 9.53 Å². The molecule has 1 aliphatic carbocycles. The highest BCUT2D eigenvalue weighted by molar-refractivity contribution is 6.11. The van der Waals surface area contributed by atoms with Gasteiger partial charge in [0.25, 0.3) is 0 Å². The van der Waals surface area contributed by atoms with Crippen LogP contribution in [0.15, 0.2) is 96.6 Å². The van der Waals surface area contributed by atoms with Crippen molar-refractivity contribution in [2.45, 2.75) is 31.9 Å². The summed E-state index contributed by atoms with van der Waals surface area (Å²) in [5.74, 6) is 1.13. The summed E-state index contributed by atoms with van der Waals surface area (Å²) >= 11 is 0. The molecule has 2 aliphatic rings. The number of nitrogens with one attached hydrogen (secondary N) is 1. The second kappa shape index (κ2) is 8.25. The van der Waals surface area contributed by atoms with E-state index in [1.165, 1.54) is 21.9 Å². The molecule has 33 heavy (non-hydrogen) atoms. The molecule has 1 atom stereocenters. The van der Waals surface area contributed by atoms with E-state index in [4.69, 9.17) is 4.74 Å². The summed E-state index contributed by atoms with van der Waals surface area (Å²) in [6.07, 6.45) is 2.50. The van der Waals surface area contributed by atoms with E-state index in [1.54, 1.807) is 0 Å². The van der Waals surface area contributed by atoms with Crippen LogP contribution in [0.4, 0.5) is 5.69 Å². The van der Waals surface area contributed by atoms with Crippen molar-refractivity contribution in [2.24, 2.45) is 0 Å². The molecular weight excluding hydrogens is 406 g/mol. The highest BCUT2D eigenvalue weighted by Crippen LogP contribution is 2.47. The molecule has 3 heteroatoms. The molecule has 1 heterocycles. The van der Waals surface area contributed by atoms with Crippen LogP contribution < -0.4 is 10.1 Å². The van der Waals surface area contributed by atoms with Crippen LogP contribution in [-0.4, -0.2) is 5.78 Å². The van der Waals surface area contributed by atoms with E-state index >= 15 is 0 Å². The van der Waals surface area contributed by atoms with Crippen molar-refractivity contribution in [3.63, 3.8) is 0 Å². The molecule has 6 rings (SSSR count). The van der Waals surface area contributed by atoms with Gasteiger partial charge in [-0.3, -0.25) is 4.79 Å². The first-order valence-corrected chi connectivity index (χ1v) is 11.6. The molecule has 0 spiro atoms. The SMILES string of the molecule is O=C1CCCC2=C1C(c1ccc(COc3ccccc3)cc1)Nc1c2ccc2ccccc12. The Morgan fingerprint density at radius 3 is 2.45 bits per heavy atom. The summed E-state index contributed by atoms with van der Waals surface area (Å²) in [4.78, 5) is 13.1. The van der Waals surface area contributed by atoms with Crippen molar-refractivity contribution in [2.75, 3.05) is 5.32 Å². The molecule has 3 nitrogen and oxygen atoms in total. The number of carbonyl (C=O) groups excluding carboxylic acids is 1. The standard InChI is InChI=1S/C30H25NO2/c32-27-12-6-11-25-26-18-17-21-7-4-5-10-24(21)30(26)31-29(28(25)27)22-15-13-20(14-16-22)19-33-23-8-2-1-3-9-23/h1-5,7-10,13-18,29,31H,6,11-12,19H2. The fourth-order valence-electron chi connectivity index (χ4n) is 5.11. The second-order valence-electron chi connectivity index (χ2n) is 8.80. The summed E-state index contributed by atoms with van der Waals surface area (Å²) in [7, 11) is 0. The number of allylic oxidation sites excluding steroid dienone is 1. The minimum absolute atomic E-state index is 0.129.